The fourth-order valence-corrected chi connectivity index (χ4v) is 11.9. The molecule has 0 bridgehead atoms. The number of hydrogen-bond acceptors (Lipinski definition) is 1. The first kappa shape index (κ1) is 40.3. The molecule has 0 atom stereocenters. The molecule has 72 heavy (non-hydrogen) atoms. The highest BCUT2D eigenvalue weighted by Gasteiger charge is 2.23. The highest BCUT2D eigenvalue weighted by atomic mass is 15.1. The van der Waals surface area contributed by atoms with Crippen LogP contribution in [0.2, 0.25) is 0 Å². The standard InChI is InChI=1S/C68H44N4/c1-2-18-47(19-3-1)70-59-29-13-8-28-57(59)58-39-36-46(44-68(58)70)45-34-37-48(38-35-45)69(64-40-42-66(55-22-6-4-20-53(55)64)71-60-30-14-9-24-49(60)50-25-10-15-31-61(50)71)65-41-43-67(56-23-7-5-21-54(56)65)72-62-32-16-11-26-51(62)52-27-12-17-33-63(52)72/h1-44H. The van der Waals surface area contributed by atoms with Crippen molar-refractivity contribution < 1.29 is 0 Å². The first-order chi connectivity index (χ1) is 35.8. The third-order valence-electron chi connectivity index (χ3n) is 15.0. The Kier molecular flexibility index (Phi) is 8.92. The second kappa shape index (κ2) is 16.0. The lowest BCUT2D eigenvalue weighted by atomic mass is 10.00. The predicted molar refractivity (Wildman–Crippen MR) is 305 cm³/mol. The number of hydrogen-bond donors (Lipinski definition) is 0. The Balaban J connectivity index is 0.949. The van der Waals surface area contributed by atoms with Gasteiger partial charge in [-0.25, -0.2) is 0 Å². The van der Waals surface area contributed by atoms with Gasteiger partial charge in [-0.05, 0) is 96.1 Å². The van der Waals surface area contributed by atoms with Crippen LogP contribution in [0.1, 0.15) is 0 Å². The molecule has 3 aromatic heterocycles. The molecule has 0 fully saturated rings. The number of rotatable bonds is 7. The van der Waals surface area contributed by atoms with Crippen LogP contribution in [-0.4, -0.2) is 13.7 Å². The smallest absolute Gasteiger partial charge is 0.0547 e. The van der Waals surface area contributed by atoms with Crippen LogP contribution in [-0.2, 0) is 0 Å². The van der Waals surface area contributed by atoms with E-state index in [0.717, 1.165) is 50.5 Å². The van der Waals surface area contributed by atoms with E-state index >= 15 is 0 Å². The minimum absolute atomic E-state index is 1.07. The molecule has 3 heterocycles. The molecular weight excluding hydrogens is 873 g/mol. The van der Waals surface area contributed by atoms with E-state index in [1.54, 1.807) is 0 Å². The van der Waals surface area contributed by atoms with Crippen molar-refractivity contribution in [3.05, 3.63) is 267 Å². The summed E-state index contributed by atoms with van der Waals surface area (Å²) in [6.45, 7) is 0. The van der Waals surface area contributed by atoms with Crippen molar-refractivity contribution in [2.75, 3.05) is 4.90 Å². The molecule has 0 saturated carbocycles. The van der Waals surface area contributed by atoms with E-state index in [9.17, 15) is 0 Å². The maximum absolute atomic E-state index is 2.48. The van der Waals surface area contributed by atoms with Crippen LogP contribution < -0.4 is 4.90 Å². The average Bonchev–Trinajstić information content (AvgIpc) is 4.09. The van der Waals surface area contributed by atoms with Crippen LogP contribution in [0.5, 0.6) is 0 Å². The Bertz CT molecular complexity index is 4330. The topological polar surface area (TPSA) is 18.0 Å². The van der Waals surface area contributed by atoms with Crippen molar-refractivity contribution in [2.24, 2.45) is 0 Å². The second-order valence-electron chi connectivity index (χ2n) is 18.8. The van der Waals surface area contributed by atoms with Crippen LogP contribution in [0, 0.1) is 0 Å². The molecule has 0 saturated heterocycles. The Hall–Kier alpha value is -9.64. The first-order valence-electron chi connectivity index (χ1n) is 24.8. The van der Waals surface area contributed by atoms with Gasteiger partial charge in [-0.1, -0.05) is 182 Å². The van der Waals surface area contributed by atoms with Crippen LogP contribution in [0.3, 0.4) is 0 Å². The van der Waals surface area contributed by atoms with E-state index in [2.05, 4.69) is 286 Å². The van der Waals surface area contributed by atoms with Gasteiger partial charge in [0.15, 0.2) is 0 Å². The Morgan fingerprint density at radius 1 is 0.222 bits per heavy atom. The first-order valence-corrected chi connectivity index (χ1v) is 24.8. The van der Waals surface area contributed by atoms with Gasteiger partial charge in [0.1, 0.15) is 0 Å². The fraction of sp³-hybridized carbons (Fsp3) is 0. The molecule has 4 nitrogen and oxygen atoms in total. The van der Waals surface area contributed by atoms with Crippen LogP contribution in [0.25, 0.3) is 115 Å². The summed E-state index contributed by atoms with van der Waals surface area (Å²) in [4.78, 5) is 2.48. The summed E-state index contributed by atoms with van der Waals surface area (Å²) in [5.41, 5.74) is 16.2. The SMILES string of the molecule is c1ccc(-n2c3ccccc3c3ccc(-c4ccc(N(c5ccc(-n6c7ccccc7c7ccccc76)c6ccccc56)c5ccc(-n6c7ccccc7c7ccccc76)c6ccccc56)cc4)cc32)cc1. The van der Waals surface area contributed by atoms with E-state index in [-0.39, 0.29) is 0 Å². The highest BCUT2D eigenvalue weighted by Crippen LogP contribution is 2.47. The number of anilines is 3. The normalized spacial score (nSPS) is 11.9. The summed E-state index contributed by atoms with van der Waals surface area (Å²) in [5, 5.41) is 12.2. The number of benzene rings is 12. The highest BCUT2D eigenvalue weighted by molar-refractivity contribution is 6.15. The molecule has 0 unspecified atom stereocenters. The summed E-state index contributed by atoms with van der Waals surface area (Å²) < 4.78 is 7.28. The third kappa shape index (κ3) is 5.99. The van der Waals surface area contributed by atoms with E-state index in [0.29, 0.717) is 0 Å². The number of fused-ring (bicyclic) bond motifs is 11. The van der Waals surface area contributed by atoms with Gasteiger partial charge in [-0.3, -0.25) is 0 Å². The van der Waals surface area contributed by atoms with Crippen molar-refractivity contribution in [1.82, 2.24) is 13.7 Å². The third-order valence-corrected chi connectivity index (χ3v) is 15.0. The van der Waals surface area contributed by atoms with E-state index < -0.39 is 0 Å². The lowest BCUT2D eigenvalue weighted by Gasteiger charge is -2.29. The monoisotopic (exact) mass is 916 g/mol. The Labute approximate surface area is 415 Å². The van der Waals surface area contributed by atoms with Gasteiger partial charge in [0.25, 0.3) is 0 Å². The maximum atomic E-state index is 2.48. The number of aromatic nitrogens is 3. The quantitative estimate of drug-likeness (QED) is 0.156. The second-order valence-corrected chi connectivity index (χ2v) is 18.8. The minimum Gasteiger partial charge on any atom is -0.309 e. The van der Waals surface area contributed by atoms with E-state index in [4.69, 9.17) is 0 Å². The molecule has 15 rings (SSSR count). The lowest BCUT2D eigenvalue weighted by Crippen LogP contribution is -2.12. The van der Waals surface area contributed by atoms with Crippen molar-refractivity contribution in [1.29, 1.82) is 0 Å². The van der Waals surface area contributed by atoms with Gasteiger partial charge in [-0.15, -0.1) is 0 Å². The summed E-state index contributed by atoms with van der Waals surface area (Å²) >= 11 is 0. The fourth-order valence-electron chi connectivity index (χ4n) is 11.9. The van der Waals surface area contributed by atoms with Crippen LogP contribution in [0.4, 0.5) is 17.1 Å². The van der Waals surface area contributed by atoms with Gasteiger partial charge in [0, 0.05) is 65.2 Å². The molecule has 0 spiro atoms. The van der Waals surface area contributed by atoms with Crippen LogP contribution >= 0.6 is 0 Å². The molecule has 0 aliphatic heterocycles. The summed E-state index contributed by atoms with van der Waals surface area (Å²) in [6, 6.07) is 97.8. The zero-order chi connectivity index (χ0) is 47.3. The zero-order valence-electron chi connectivity index (χ0n) is 39.2. The Morgan fingerprint density at radius 2 is 0.569 bits per heavy atom. The average molecular weight is 917 g/mol. The molecule has 0 amide bonds. The lowest BCUT2D eigenvalue weighted by molar-refractivity contribution is 1.18. The summed E-state index contributed by atoms with van der Waals surface area (Å²) in [7, 11) is 0. The van der Waals surface area contributed by atoms with Gasteiger partial charge in [0.2, 0.25) is 0 Å². The molecule has 4 heteroatoms. The van der Waals surface area contributed by atoms with Gasteiger partial charge in [0.05, 0.1) is 55.8 Å². The van der Waals surface area contributed by atoms with Crippen molar-refractivity contribution >= 4 is 104 Å². The molecule has 0 aliphatic carbocycles. The maximum Gasteiger partial charge on any atom is 0.0547 e. The van der Waals surface area contributed by atoms with Crippen molar-refractivity contribution in [3.63, 3.8) is 0 Å². The molecular formula is C68H44N4. The van der Waals surface area contributed by atoms with Gasteiger partial charge < -0.3 is 18.6 Å². The predicted octanol–water partition coefficient (Wildman–Crippen LogP) is 18.4. The zero-order valence-corrected chi connectivity index (χ0v) is 39.2. The van der Waals surface area contributed by atoms with E-state index in [1.807, 2.05) is 0 Å². The molecule has 0 aliphatic rings. The molecule has 12 aromatic carbocycles. The van der Waals surface area contributed by atoms with Crippen molar-refractivity contribution in [3.8, 4) is 28.2 Å². The molecule has 15 aromatic rings. The van der Waals surface area contributed by atoms with Crippen LogP contribution in [0.15, 0.2) is 267 Å². The minimum atomic E-state index is 1.07. The summed E-state index contributed by atoms with van der Waals surface area (Å²) in [5.74, 6) is 0. The van der Waals surface area contributed by atoms with Gasteiger partial charge >= 0.3 is 0 Å². The summed E-state index contributed by atoms with van der Waals surface area (Å²) in [6.07, 6.45) is 0. The van der Waals surface area contributed by atoms with Crippen molar-refractivity contribution in [2.45, 2.75) is 0 Å². The van der Waals surface area contributed by atoms with Gasteiger partial charge in [-0.2, -0.15) is 0 Å². The van der Waals surface area contributed by atoms with E-state index in [1.165, 1.54) is 81.8 Å². The number of nitrogens with zero attached hydrogens (tertiary/aromatic N) is 4. The Morgan fingerprint density at radius 3 is 1.01 bits per heavy atom. The molecule has 0 N–H and O–H groups in total. The largest absolute Gasteiger partial charge is 0.309 e. The number of para-hydroxylation sites is 6. The molecule has 336 valence electrons. The molecule has 0 radical (unpaired) electrons.